The minimum absolute atomic E-state index is 0.0995. The number of fused-ring (bicyclic) bond motifs is 2. The number of benzene rings is 1. The molecule has 4 heteroatoms. The molecule has 0 saturated heterocycles. The molecule has 0 aromatic heterocycles. The molecule has 2 aliphatic rings. The lowest BCUT2D eigenvalue weighted by atomic mass is 9.84. The summed E-state index contributed by atoms with van der Waals surface area (Å²) in [6.45, 7) is 2.10. The van der Waals surface area contributed by atoms with Crippen molar-refractivity contribution in [1.29, 1.82) is 0 Å². The van der Waals surface area contributed by atoms with Gasteiger partial charge in [0.1, 0.15) is 5.75 Å². The van der Waals surface area contributed by atoms with Crippen LogP contribution in [0, 0.1) is 17.8 Å². The molecule has 114 valence electrons. The van der Waals surface area contributed by atoms with E-state index in [2.05, 4.69) is 18.3 Å². The first-order valence-corrected chi connectivity index (χ1v) is 7.73. The van der Waals surface area contributed by atoms with E-state index in [-0.39, 0.29) is 18.0 Å². The van der Waals surface area contributed by atoms with Crippen LogP contribution in [0.1, 0.15) is 37.8 Å². The zero-order chi connectivity index (χ0) is 15.0. The van der Waals surface area contributed by atoms with Crippen LogP contribution in [0.3, 0.4) is 0 Å². The second kappa shape index (κ2) is 5.68. The highest BCUT2D eigenvalue weighted by Crippen LogP contribution is 2.49. The van der Waals surface area contributed by atoms with Gasteiger partial charge in [-0.1, -0.05) is 12.1 Å². The number of hydrogen-bond acceptors (Lipinski definition) is 3. The van der Waals surface area contributed by atoms with Crippen LogP contribution in [0.4, 0.5) is 0 Å². The number of rotatable bonds is 5. The Morgan fingerprint density at radius 2 is 2.14 bits per heavy atom. The second-order valence-electron chi connectivity index (χ2n) is 6.39. The summed E-state index contributed by atoms with van der Waals surface area (Å²) in [6, 6.07) is 8.20. The molecule has 0 amide bonds. The molecule has 0 radical (unpaired) electrons. The molecule has 0 spiro atoms. The number of hydrogen-bond donors (Lipinski definition) is 2. The molecular formula is C17H23NO3. The highest BCUT2D eigenvalue weighted by molar-refractivity contribution is 5.72. The highest BCUT2D eigenvalue weighted by Gasteiger charge is 2.51. The number of nitrogens with one attached hydrogen (secondary N) is 1. The Labute approximate surface area is 125 Å². The molecule has 3 rings (SSSR count). The van der Waals surface area contributed by atoms with Gasteiger partial charge >= 0.3 is 5.97 Å². The molecule has 2 aliphatic carbocycles. The fraction of sp³-hybridized carbons (Fsp3) is 0.588. The average Bonchev–Trinajstić information content (AvgIpc) is 3.08. The summed E-state index contributed by atoms with van der Waals surface area (Å²) >= 11 is 0. The van der Waals surface area contributed by atoms with Crippen LogP contribution >= 0.6 is 0 Å². The van der Waals surface area contributed by atoms with Gasteiger partial charge < -0.3 is 15.2 Å². The van der Waals surface area contributed by atoms with Crippen LogP contribution in [0.5, 0.6) is 5.75 Å². The van der Waals surface area contributed by atoms with Gasteiger partial charge in [-0.2, -0.15) is 0 Å². The van der Waals surface area contributed by atoms with Gasteiger partial charge in [-0.3, -0.25) is 4.79 Å². The molecule has 0 aliphatic heterocycles. The van der Waals surface area contributed by atoms with Gasteiger partial charge in [-0.05, 0) is 55.7 Å². The molecule has 5 atom stereocenters. The first-order valence-electron chi connectivity index (χ1n) is 7.73. The van der Waals surface area contributed by atoms with Crippen LogP contribution in [0.25, 0.3) is 0 Å². The average molecular weight is 289 g/mol. The SMILES string of the molecule is COc1cccc(C(C)NC2C3CCC(C3)C2C(=O)O)c1. The molecule has 0 heterocycles. The van der Waals surface area contributed by atoms with E-state index in [1.54, 1.807) is 7.11 Å². The van der Waals surface area contributed by atoms with E-state index in [1.807, 2.05) is 18.2 Å². The third-order valence-electron chi connectivity index (χ3n) is 5.24. The number of carboxylic acids is 1. The lowest BCUT2D eigenvalue weighted by molar-refractivity contribution is -0.144. The summed E-state index contributed by atoms with van der Waals surface area (Å²) in [7, 11) is 1.66. The monoisotopic (exact) mass is 289 g/mol. The number of aliphatic carboxylic acids is 1. The van der Waals surface area contributed by atoms with Crippen molar-refractivity contribution >= 4 is 5.97 Å². The third-order valence-corrected chi connectivity index (χ3v) is 5.24. The Balaban J connectivity index is 1.74. The Hall–Kier alpha value is -1.55. The predicted molar refractivity (Wildman–Crippen MR) is 80.3 cm³/mol. The van der Waals surface area contributed by atoms with Crippen molar-refractivity contribution < 1.29 is 14.6 Å². The van der Waals surface area contributed by atoms with Crippen molar-refractivity contribution in [3.05, 3.63) is 29.8 Å². The van der Waals surface area contributed by atoms with Gasteiger partial charge in [0, 0.05) is 12.1 Å². The van der Waals surface area contributed by atoms with Crippen molar-refractivity contribution in [2.24, 2.45) is 17.8 Å². The Bertz CT molecular complexity index is 531. The van der Waals surface area contributed by atoms with Gasteiger partial charge in [-0.25, -0.2) is 0 Å². The van der Waals surface area contributed by atoms with Crippen LogP contribution in [0.2, 0.25) is 0 Å². The van der Waals surface area contributed by atoms with E-state index in [0.29, 0.717) is 11.8 Å². The molecular weight excluding hydrogens is 266 g/mol. The molecule has 2 fully saturated rings. The Kier molecular flexibility index (Phi) is 3.89. The summed E-state index contributed by atoms with van der Waals surface area (Å²) in [6.07, 6.45) is 3.31. The maximum atomic E-state index is 11.6. The van der Waals surface area contributed by atoms with Gasteiger partial charge in [0.25, 0.3) is 0 Å². The number of ether oxygens (including phenoxy) is 1. The summed E-state index contributed by atoms with van der Waals surface area (Å²) in [5.41, 5.74) is 1.14. The number of methoxy groups -OCH3 is 1. The minimum atomic E-state index is -0.641. The van der Waals surface area contributed by atoms with Crippen LogP contribution in [-0.4, -0.2) is 24.2 Å². The van der Waals surface area contributed by atoms with Crippen molar-refractivity contribution in [2.75, 3.05) is 7.11 Å². The largest absolute Gasteiger partial charge is 0.497 e. The number of carboxylic acid groups (broad SMARTS) is 1. The molecule has 4 nitrogen and oxygen atoms in total. The fourth-order valence-corrected chi connectivity index (χ4v) is 4.18. The molecule has 21 heavy (non-hydrogen) atoms. The van der Waals surface area contributed by atoms with Crippen LogP contribution < -0.4 is 10.1 Å². The van der Waals surface area contributed by atoms with Crippen molar-refractivity contribution in [3.63, 3.8) is 0 Å². The predicted octanol–water partition coefficient (Wildman–Crippen LogP) is 2.85. The number of carbonyl (C=O) groups is 1. The zero-order valence-corrected chi connectivity index (χ0v) is 12.6. The van der Waals surface area contributed by atoms with E-state index in [4.69, 9.17) is 4.74 Å². The fourth-order valence-electron chi connectivity index (χ4n) is 4.18. The molecule has 5 unspecified atom stereocenters. The van der Waals surface area contributed by atoms with Gasteiger partial charge in [0.15, 0.2) is 0 Å². The summed E-state index contributed by atoms with van der Waals surface area (Å²) in [5.74, 6) is 0.852. The zero-order valence-electron chi connectivity index (χ0n) is 12.6. The lowest BCUT2D eigenvalue weighted by Gasteiger charge is -2.31. The maximum absolute atomic E-state index is 11.6. The van der Waals surface area contributed by atoms with E-state index in [9.17, 15) is 9.90 Å². The first kappa shape index (κ1) is 14.4. The molecule has 1 aromatic rings. The van der Waals surface area contributed by atoms with Gasteiger partial charge in [-0.15, -0.1) is 0 Å². The molecule has 2 N–H and O–H groups in total. The standard InChI is InChI=1S/C17H23NO3/c1-10(11-4-3-5-14(9-11)21-2)18-16-13-7-6-12(8-13)15(16)17(19)20/h3-5,9-10,12-13,15-16,18H,6-8H2,1-2H3,(H,19,20). The van der Waals surface area contributed by atoms with Crippen LogP contribution in [0.15, 0.2) is 24.3 Å². The van der Waals surface area contributed by atoms with Crippen molar-refractivity contribution in [2.45, 2.75) is 38.3 Å². The van der Waals surface area contributed by atoms with Crippen LogP contribution in [-0.2, 0) is 4.79 Å². The van der Waals surface area contributed by atoms with Crippen molar-refractivity contribution in [1.82, 2.24) is 5.32 Å². The quantitative estimate of drug-likeness (QED) is 0.875. The normalized spacial score (nSPS) is 32.1. The molecule has 1 aromatic carbocycles. The highest BCUT2D eigenvalue weighted by atomic mass is 16.5. The topological polar surface area (TPSA) is 58.6 Å². The second-order valence-corrected chi connectivity index (χ2v) is 6.39. The Morgan fingerprint density at radius 3 is 2.86 bits per heavy atom. The molecule has 2 saturated carbocycles. The molecule has 2 bridgehead atoms. The Morgan fingerprint density at radius 1 is 1.38 bits per heavy atom. The third kappa shape index (κ3) is 2.64. The summed E-state index contributed by atoms with van der Waals surface area (Å²) < 4.78 is 5.26. The maximum Gasteiger partial charge on any atom is 0.308 e. The summed E-state index contributed by atoms with van der Waals surface area (Å²) in [5, 5.41) is 13.1. The van der Waals surface area contributed by atoms with E-state index >= 15 is 0 Å². The van der Waals surface area contributed by atoms with E-state index < -0.39 is 5.97 Å². The van der Waals surface area contributed by atoms with Gasteiger partial charge in [0.2, 0.25) is 0 Å². The lowest BCUT2D eigenvalue weighted by Crippen LogP contribution is -2.45. The van der Waals surface area contributed by atoms with E-state index in [0.717, 1.165) is 30.6 Å². The van der Waals surface area contributed by atoms with Crippen molar-refractivity contribution in [3.8, 4) is 5.75 Å². The van der Waals surface area contributed by atoms with Gasteiger partial charge in [0.05, 0.1) is 13.0 Å². The smallest absolute Gasteiger partial charge is 0.308 e. The first-order chi connectivity index (χ1) is 10.1. The summed E-state index contributed by atoms with van der Waals surface area (Å²) in [4.78, 5) is 11.6. The van der Waals surface area contributed by atoms with E-state index in [1.165, 1.54) is 0 Å². The minimum Gasteiger partial charge on any atom is -0.497 e.